The van der Waals surface area contributed by atoms with Gasteiger partial charge in [0.2, 0.25) is 0 Å². The lowest BCUT2D eigenvalue weighted by Crippen LogP contribution is -2.44. The maximum Gasteiger partial charge on any atom is 0.0399 e. The zero-order valence-electron chi connectivity index (χ0n) is 8.96. The summed E-state index contributed by atoms with van der Waals surface area (Å²) < 4.78 is 0. The van der Waals surface area contributed by atoms with E-state index in [0.717, 1.165) is 19.5 Å². The first kappa shape index (κ1) is 9.53. The molecule has 0 radical (unpaired) electrons. The van der Waals surface area contributed by atoms with Crippen LogP contribution in [-0.4, -0.2) is 26.2 Å². The monoisotopic (exact) mass is 190 g/mol. The third-order valence-electron chi connectivity index (χ3n) is 3.03. The predicted molar refractivity (Wildman–Crippen MR) is 60.9 cm³/mol. The molecule has 0 aromatic heterocycles. The highest BCUT2D eigenvalue weighted by Gasteiger charge is 2.21. The zero-order chi connectivity index (χ0) is 9.97. The normalized spacial score (nSPS) is 20.7. The van der Waals surface area contributed by atoms with Gasteiger partial charge in [-0.05, 0) is 32.0 Å². The first-order chi connectivity index (χ1) is 6.85. The smallest absolute Gasteiger partial charge is 0.0399 e. The van der Waals surface area contributed by atoms with Gasteiger partial charge in [0.15, 0.2) is 0 Å². The van der Waals surface area contributed by atoms with Crippen molar-refractivity contribution in [2.75, 3.05) is 25.0 Å². The lowest BCUT2D eigenvalue weighted by atomic mass is 9.98. The van der Waals surface area contributed by atoms with Crippen LogP contribution in [0.4, 0.5) is 5.69 Å². The van der Waals surface area contributed by atoms with Crippen molar-refractivity contribution in [2.45, 2.75) is 19.4 Å². The van der Waals surface area contributed by atoms with E-state index in [9.17, 15) is 0 Å². The predicted octanol–water partition coefficient (Wildman–Crippen LogP) is 1.66. The lowest BCUT2D eigenvalue weighted by Gasteiger charge is -2.35. The van der Waals surface area contributed by atoms with Crippen molar-refractivity contribution in [3.05, 3.63) is 29.8 Å². The molecule has 0 aliphatic carbocycles. The average molecular weight is 190 g/mol. The van der Waals surface area contributed by atoms with Gasteiger partial charge in [0, 0.05) is 24.8 Å². The van der Waals surface area contributed by atoms with Crippen molar-refractivity contribution < 1.29 is 0 Å². The number of fused-ring (bicyclic) bond motifs is 1. The Hall–Kier alpha value is -1.02. The van der Waals surface area contributed by atoms with Crippen LogP contribution in [0, 0.1) is 0 Å². The number of anilines is 1. The molecular formula is C12H18N2. The summed E-state index contributed by atoms with van der Waals surface area (Å²) in [5, 5.41) is 3.37. The standard InChI is InChI=1S/C12H18N2/c1-3-14-9-11(13-2)8-10-6-4-5-7-12(10)14/h4-7,11,13H,3,8-9H2,1-2H3. The van der Waals surface area contributed by atoms with Crippen LogP contribution in [0.1, 0.15) is 12.5 Å². The minimum atomic E-state index is 0.602. The molecule has 1 aliphatic heterocycles. The fourth-order valence-corrected chi connectivity index (χ4v) is 2.18. The van der Waals surface area contributed by atoms with E-state index in [4.69, 9.17) is 0 Å². The summed E-state index contributed by atoms with van der Waals surface area (Å²) in [4.78, 5) is 2.44. The van der Waals surface area contributed by atoms with Crippen molar-refractivity contribution in [3.63, 3.8) is 0 Å². The first-order valence-electron chi connectivity index (χ1n) is 5.35. The van der Waals surface area contributed by atoms with Gasteiger partial charge in [0.25, 0.3) is 0 Å². The van der Waals surface area contributed by atoms with Gasteiger partial charge in [-0.15, -0.1) is 0 Å². The highest BCUT2D eigenvalue weighted by molar-refractivity contribution is 5.56. The molecule has 2 rings (SSSR count). The molecular weight excluding hydrogens is 172 g/mol. The molecule has 1 aromatic rings. The van der Waals surface area contributed by atoms with Crippen molar-refractivity contribution in [1.82, 2.24) is 5.32 Å². The van der Waals surface area contributed by atoms with E-state index in [1.807, 2.05) is 7.05 Å². The molecule has 0 amide bonds. The molecule has 2 nitrogen and oxygen atoms in total. The number of likely N-dealkylation sites (N-methyl/N-ethyl adjacent to an activating group) is 2. The van der Waals surface area contributed by atoms with Crippen molar-refractivity contribution in [3.8, 4) is 0 Å². The number of nitrogens with one attached hydrogen (secondary N) is 1. The Morgan fingerprint density at radius 1 is 1.43 bits per heavy atom. The number of hydrogen-bond donors (Lipinski definition) is 1. The summed E-state index contributed by atoms with van der Waals surface area (Å²) in [6, 6.07) is 9.32. The second kappa shape index (κ2) is 4.01. The maximum atomic E-state index is 3.37. The molecule has 2 heteroatoms. The summed E-state index contributed by atoms with van der Waals surface area (Å²) in [7, 11) is 2.05. The third-order valence-corrected chi connectivity index (χ3v) is 3.03. The highest BCUT2D eigenvalue weighted by Crippen LogP contribution is 2.26. The van der Waals surface area contributed by atoms with E-state index >= 15 is 0 Å². The molecule has 76 valence electrons. The molecule has 0 spiro atoms. The van der Waals surface area contributed by atoms with Crippen LogP contribution in [-0.2, 0) is 6.42 Å². The minimum absolute atomic E-state index is 0.602. The van der Waals surface area contributed by atoms with Crippen LogP contribution in [0.2, 0.25) is 0 Å². The Bertz CT molecular complexity index is 309. The molecule has 1 heterocycles. The summed E-state index contributed by atoms with van der Waals surface area (Å²) in [6.07, 6.45) is 1.16. The summed E-state index contributed by atoms with van der Waals surface area (Å²) in [6.45, 7) is 4.44. The number of rotatable bonds is 2. The molecule has 0 fully saturated rings. The third kappa shape index (κ3) is 1.62. The number of benzene rings is 1. The van der Waals surface area contributed by atoms with E-state index in [0.29, 0.717) is 6.04 Å². The molecule has 0 bridgehead atoms. The van der Waals surface area contributed by atoms with Crippen molar-refractivity contribution >= 4 is 5.69 Å². The van der Waals surface area contributed by atoms with E-state index in [2.05, 4.69) is 41.4 Å². The molecule has 14 heavy (non-hydrogen) atoms. The van der Waals surface area contributed by atoms with Crippen LogP contribution in [0.25, 0.3) is 0 Å². The molecule has 0 saturated heterocycles. The van der Waals surface area contributed by atoms with Crippen molar-refractivity contribution in [2.24, 2.45) is 0 Å². The van der Waals surface area contributed by atoms with Gasteiger partial charge in [0.05, 0.1) is 0 Å². The van der Waals surface area contributed by atoms with Gasteiger partial charge in [-0.2, -0.15) is 0 Å². The van der Waals surface area contributed by atoms with E-state index in [1.165, 1.54) is 11.3 Å². The lowest BCUT2D eigenvalue weighted by molar-refractivity contribution is 0.527. The molecule has 1 aliphatic rings. The molecule has 1 N–H and O–H groups in total. The topological polar surface area (TPSA) is 15.3 Å². The zero-order valence-corrected chi connectivity index (χ0v) is 8.96. The van der Waals surface area contributed by atoms with Crippen LogP contribution in [0.5, 0.6) is 0 Å². The fourth-order valence-electron chi connectivity index (χ4n) is 2.18. The largest absolute Gasteiger partial charge is 0.370 e. The van der Waals surface area contributed by atoms with Crippen LogP contribution < -0.4 is 10.2 Å². The van der Waals surface area contributed by atoms with Crippen molar-refractivity contribution in [1.29, 1.82) is 0 Å². The van der Waals surface area contributed by atoms with Gasteiger partial charge >= 0.3 is 0 Å². The van der Waals surface area contributed by atoms with E-state index < -0.39 is 0 Å². The second-order valence-corrected chi connectivity index (χ2v) is 3.86. The fraction of sp³-hybridized carbons (Fsp3) is 0.500. The summed E-state index contributed by atoms with van der Waals surface area (Å²) in [5.74, 6) is 0. The molecule has 1 aromatic carbocycles. The van der Waals surface area contributed by atoms with E-state index in [-0.39, 0.29) is 0 Å². The van der Waals surface area contributed by atoms with Gasteiger partial charge < -0.3 is 10.2 Å². The average Bonchev–Trinajstić information content (AvgIpc) is 2.27. The number of hydrogen-bond acceptors (Lipinski definition) is 2. The molecule has 1 atom stereocenters. The number of para-hydroxylation sites is 1. The number of nitrogens with zero attached hydrogens (tertiary/aromatic N) is 1. The summed E-state index contributed by atoms with van der Waals surface area (Å²) >= 11 is 0. The maximum absolute atomic E-state index is 3.37. The minimum Gasteiger partial charge on any atom is -0.370 e. The van der Waals surface area contributed by atoms with Crippen LogP contribution in [0.3, 0.4) is 0 Å². The Morgan fingerprint density at radius 2 is 2.21 bits per heavy atom. The van der Waals surface area contributed by atoms with Crippen LogP contribution >= 0.6 is 0 Å². The van der Waals surface area contributed by atoms with Gasteiger partial charge in [0.1, 0.15) is 0 Å². The Morgan fingerprint density at radius 3 is 2.93 bits per heavy atom. The Labute approximate surface area is 85.9 Å². The van der Waals surface area contributed by atoms with Crippen LogP contribution in [0.15, 0.2) is 24.3 Å². The molecule has 1 unspecified atom stereocenters. The Balaban J connectivity index is 2.31. The molecule has 0 saturated carbocycles. The highest BCUT2D eigenvalue weighted by atomic mass is 15.2. The van der Waals surface area contributed by atoms with E-state index in [1.54, 1.807) is 0 Å². The first-order valence-corrected chi connectivity index (χ1v) is 5.35. The SMILES string of the molecule is CCN1CC(NC)Cc2ccccc21. The summed E-state index contributed by atoms with van der Waals surface area (Å²) in [5.41, 5.74) is 2.89. The quantitative estimate of drug-likeness (QED) is 0.763. The van der Waals surface area contributed by atoms with Gasteiger partial charge in [-0.25, -0.2) is 0 Å². The van der Waals surface area contributed by atoms with Gasteiger partial charge in [-0.1, -0.05) is 18.2 Å². The second-order valence-electron chi connectivity index (χ2n) is 3.86. The van der Waals surface area contributed by atoms with Gasteiger partial charge in [-0.3, -0.25) is 0 Å². The Kier molecular flexibility index (Phi) is 2.73.